The van der Waals surface area contributed by atoms with E-state index >= 15 is 0 Å². The van der Waals surface area contributed by atoms with E-state index < -0.39 is 11.9 Å². The summed E-state index contributed by atoms with van der Waals surface area (Å²) in [6.45, 7) is 3.94. The van der Waals surface area contributed by atoms with E-state index in [0.717, 1.165) is 16.9 Å². The van der Waals surface area contributed by atoms with E-state index in [1.807, 2.05) is 6.92 Å². The summed E-state index contributed by atoms with van der Waals surface area (Å²) in [6, 6.07) is 14.0. The Hall–Kier alpha value is -3.36. The van der Waals surface area contributed by atoms with Crippen molar-refractivity contribution in [3.05, 3.63) is 75.1 Å². The summed E-state index contributed by atoms with van der Waals surface area (Å²) in [6.07, 6.45) is 0.0813. The van der Waals surface area contributed by atoms with Crippen molar-refractivity contribution in [2.45, 2.75) is 20.3 Å². The number of hydrogen-bond acceptors (Lipinski definition) is 6. The number of methoxy groups -OCH3 is 1. The van der Waals surface area contributed by atoms with Crippen LogP contribution in [0, 0.1) is 6.92 Å². The molecule has 0 aliphatic heterocycles. The van der Waals surface area contributed by atoms with Crippen molar-refractivity contribution in [3.63, 3.8) is 0 Å². The smallest absolute Gasteiger partial charge is 0.341 e. The Morgan fingerprint density at radius 2 is 1.73 bits per heavy atom. The number of amides is 2. The molecule has 0 saturated carbocycles. The minimum atomic E-state index is -0.640. The third-order valence-corrected chi connectivity index (χ3v) is 6.17. The molecule has 0 unspecified atom stereocenters. The van der Waals surface area contributed by atoms with Gasteiger partial charge in [0, 0.05) is 5.02 Å². The van der Waals surface area contributed by atoms with Crippen LogP contribution in [0.3, 0.4) is 0 Å². The van der Waals surface area contributed by atoms with Crippen LogP contribution in [0.25, 0.3) is 0 Å². The number of esters is 1. The third-order valence-electron chi connectivity index (χ3n) is 4.71. The maximum absolute atomic E-state index is 13.0. The van der Waals surface area contributed by atoms with Crippen molar-refractivity contribution in [2.75, 3.05) is 24.4 Å². The molecule has 0 spiro atoms. The molecule has 1 heterocycles. The predicted octanol–water partition coefficient (Wildman–Crippen LogP) is 5.33. The number of carbonyl (C=O) groups is 3. The highest BCUT2D eigenvalue weighted by molar-refractivity contribution is 7.19. The number of halogens is 1. The second kappa shape index (κ2) is 11.0. The van der Waals surface area contributed by atoms with Gasteiger partial charge in [0.2, 0.25) is 5.91 Å². The second-order valence-corrected chi connectivity index (χ2v) is 8.44. The molecule has 0 aliphatic rings. The molecule has 0 fully saturated rings. The summed E-state index contributed by atoms with van der Waals surface area (Å²) >= 11 is 6.90. The zero-order valence-electron chi connectivity index (χ0n) is 18.4. The number of ether oxygens (including phenoxy) is 2. The highest BCUT2D eigenvalue weighted by atomic mass is 35.5. The number of nitrogens with one attached hydrogen (secondary N) is 2. The molecular weight excluding hydrogens is 464 g/mol. The fraction of sp³-hybridized carbons (Fsp3) is 0.208. The van der Waals surface area contributed by atoms with Gasteiger partial charge in [0.15, 0.2) is 0 Å². The van der Waals surface area contributed by atoms with Gasteiger partial charge in [0.05, 0.1) is 36.3 Å². The van der Waals surface area contributed by atoms with E-state index in [9.17, 15) is 14.4 Å². The van der Waals surface area contributed by atoms with Crippen LogP contribution in [0.15, 0.2) is 48.5 Å². The number of anilines is 2. The van der Waals surface area contributed by atoms with E-state index in [0.29, 0.717) is 28.6 Å². The standard InChI is InChI=1S/C24H23ClN2O5S/c1-4-32-18-8-6-5-7-17(18)26-22(29)21-14(2)20(24(30)31-3)23(33-21)27-19(28)13-15-9-11-16(25)12-10-15/h5-12H,4,13H2,1-3H3,(H,26,29)(H,27,28). The Balaban J connectivity index is 1.86. The molecule has 3 rings (SSSR count). The molecule has 2 aromatic carbocycles. The molecule has 9 heteroatoms. The topological polar surface area (TPSA) is 93.7 Å². The number of carbonyl (C=O) groups excluding carboxylic acids is 3. The van der Waals surface area contributed by atoms with Gasteiger partial charge in [-0.05, 0) is 49.2 Å². The summed E-state index contributed by atoms with van der Waals surface area (Å²) in [5.74, 6) is -0.864. The lowest BCUT2D eigenvalue weighted by atomic mass is 10.1. The van der Waals surface area contributed by atoms with E-state index in [2.05, 4.69) is 10.6 Å². The van der Waals surface area contributed by atoms with Gasteiger partial charge in [-0.3, -0.25) is 9.59 Å². The molecule has 3 aromatic rings. The maximum Gasteiger partial charge on any atom is 0.341 e. The number of hydrogen-bond donors (Lipinski definition) is 2. The molecule has 0 radical (unpaired) electrons. The van der Waals surface area contributed by atoms with E-state index in [1.54, 1.807) is 55.5 Å². The van der Waals surface area contributed by atoms with Gasteiger partial charge >= 0.3 is 5.97 Å². The second-order valence-electron chi connectivity index (χ2n) is 6.99. The van der Waals surface area contributed by atoms with Crippen LogP contribution in [0.2, 0.25) is 5.02 Å². The Kier molecular flexibility index (Phi) is 8.08. The van der Waals surface area contributed by atoms with Gasteiger partial charge < -0.3 is 20.1 Å². The van der Waals surface area contributed by atoms with E-state index in [4.69, 9.17) is 21.1 Å². The molecule has 7 nitrogen and oxygen atoms in total. The van der Waals surface area contributed by atoms with Gasteiger partial charge in [-0.1, -0.05) is 35.9 Å². The fourth-order valence-electron chi connectivity index (χ4n) is 3.15. The van der Waals surface area contributed by atoms with Crippen molar-refractivity contribution in [1.29, 1.82) is 0 Å². The van der Waals surface area contributed by atoms with Gasteiger partial charge in [0.25, 0.3) is 5.91 Å². The highest BCUT2D eigenvalue weighted by Gasteiger charge is 2.26. The maximum atomic E-state index is 13.0. The minimum Gasteiger partial charge on any atom is -0.492 e. The van der Waals surface area contributed by atoms with Crippen molar-refractivity contribution in [3.8, 4) is 5.75 Å². The Bertz CT molecular complexity index is 1170. The first-order valence-corrected chi connectivity index (χ1v) is 11.3. The molecule has 0 bridgehead atoms. The zero-order valence-corrected chi connectivity index (χ0v) is 19.9. The molecule has 33 heavy (non-hydrogen) atoms. The molecule has 0 saturated heterocycles. The molecule has 2 amide bonds. The quantitative estimate of drug-likeness (QED) is 0.420. The first kappa shape index (κ1) is 24.3. The van der Waals surface area contributed by atoms with Gasteiger partial charge in [-0.15, -0.1) is 11.3 Å². The predicted molar refractivity (Wildman–Crippen MR) is 130 cm³/mol. The minimum absolute atomic E-state index is 0.0813. The van der Waals surface area contributed by atoms with Crippen molar-refractivity contribution in [2.24, 2.45) is 0 Å². The first-order valence-electron chi connectivity index (χ1n) is 10.1. The van der Waals surface area contributed by atoms with Crippen LogP contribution >= 0.6 is 22.9 Å². The van der Waals surface area contributed by atoms with Crippen LogP contribution < -0.4 is 15.4 Å². The summed E-state index contributed by atoms with van der Waals surface area (Å²) < 4.78 is 10.4. The average Bonchev–Trinajstić information content (AvgIpc) is 3.12. The van der Waals surface area contributed by atoms with Crippen molar-refractivity contribution >= 4 is 51.4 Å². The number of thiophene rings is 1. The van der Waals surface area contributed by atoms with Crippen molar-refractivity contribution < 1.29 is 23.9 Å². The number of benzene rings is 2. The fourth-order valence-corrected chi connectivity index (χ4v) is 4.39. The molecule has 2 N–H and O–H groups in total. The lowest BCUT2D eigenvalue weighted by molar-refractivity contribution is -0.115. The Morgan fingerprint density at radius 3 is 2.39 bits per heavy atom. The molecule has 0 atom stereocenters. The average molecular weight is 487 g/mol. The Labute approximate surface area is 200 Å². The summed E-state index contributed by atoms with van der Waals surface area (Å²) in [5.41, 5.74) is 1.83. The van der Waals surface area contributed by atoms with Crippen LogP contribution in [-0.4, -0.2) is 31.5 Å². The molecule has 172 valence electrons. The molecular formula is C24H23ClN2O5S. The number of para-hydroxylation sites is 2. The lowest BCUT2D eigenvalue weighted by Gasteiger charge is -2.11. The monoisotopic (exact) mass is 486 g/mol. The van der Waals surface area contributed by atoms with Crippen molar-refractivity contribution in [1.82, 2.24) is 0 Å². The molecule has 1 aromatic heterocycles. The van der Waals surface area contributed by atoms with Gasteiger partial charge in [-0.2, -0.15) is 0 Å². The van der Waals surface area contributed by atoms with Gasteiger partial charge in [0.1, 0.15) is 10.8 Å². The van der Waals surface area contributed by atoms with E-state index in [1.165, 1.54) is 7.11 Å². The van der Waals surface area contributed by atoms with Gasteiger partial charge in [-0.25, -0.2) is 4.79 Å². The summed E-state index contributed by atoms with van der Waals surface area (Å²) in [7, 11) is 1.25. The van der Waals surface area contributed by atoms with Crippen LogP contribution in [0.5, 0.6) is 5.75 Å². The highest BCUT2D eigenvalue weighted by Crippen LogP contribution is 2.35. The Morgan fingerprint density at radius 1 is 1.03 bits per heavy atom. The normalized spacial score (nSPS) is 10.4. The van der Waals surface area contributed by atoms with Crippen LogP contribution in [-0.2, 0) is 16.0 Å². The summed E-state index contributed by atoms with van der Waals surface area (Å²) in [5, 5.41) is 6.38. The first-order chi connectivity index (χ1) is 15.8. The molecule has 0 aliphatic carbocycles. The zero-order chi connectivity index (χ0) is 24.0. The van der Waals surface area contributed by atoms with Crippen LogP contribution in [0.1, 0.15) is 38.1 Å². The summed E-state index contributed by atoms with van der Waals surface area (Å²) in [4.78, 5) is 38.4. The SMILES string of the molecule is CCOc1ccccc1NC(=O)c1sc(NC(=O)Cc2ccc(Cl)cc2)c(C(=O)OC)c1C. The lowest BCUT2D eigenvalue weighted by Crippen LogP contribution is -2.16. The largest absolute Gasteiger partial charge is 0.492 e. The van der Waals surface area contributed by atoms with E-state index in [-0.39, 0.29) is 27.8 Å². The van der Waals surface area contributed by atoms with Crippen LogP contribution in [0.4, 0.5) is 10.7 Å². The third kappa shape index (κ3) is 5.91. The number of rotatable bonds is 8.